The number of alkyl halides is 1. The van der Waals surface area contributed by atoms with Crippen LogP contribution in [0, 0.1) is 0 Å². The maximum absolute atomic E-state index is 12.1. The van der Waals surface area contributed by atoms with Gasteiger partial charge in [0.05, 0.1) is 12.8 Å². The third kappa shape index (κ3) is 3.03. The molecule has 2 amide bonds. The summed E-state index contributed by atoms with van der Waals surface area (Å²) in [5.74, 6) is 0.419. The number of benzene rings is 1. The van der Waals surface area contributed by atoms with Crippen LogP contribution in [0.25, 0.3) is 0 Å². The molecule has 1 unspecified atom stereocenters. The van der Waals surface area contributed by atoms with E-state index >= 15 is 0 Å². The fourth-order valence-corrected chi connectivity index (χ4v) is 3.01. The number of halogens is 1. The summed E-state index contributed by atoms with van der Waals surface area (Å²) >= 11 is 4.21. The predicted octanol–water partition coefficient (Wildman–Crippen LogP) is 2.52. The number of carbonyl (C=O) groups excluding carboxylic acids is 2. The molecule has 0 aromatic heterocycles. The van der Waals surface area contributed by atoms with E-state index in [0.717, 1.165) is 11.8 Å². The number of nitrogens with one attached hydrogen (secondary N) is 1. The van der Waals surface area contributed by atoms with Crippen molar-refractivity contribution in [1.29, 1.82) is 0 Å². The third-order valence-corrected chi connectivity index (χ3v) is 3.96. The minimum absolute atomic E-state index is 0.222. The van der Waals surface area contributed by atoms with Crippen LogP contribution in [0.3, 0.4) is 0 Å². The minimum atomic E-state index is -0.595. The molecule has 0 radical (unpaired) electrons. The molecule has 0 spiro atoms. The number of nitrogens with zero attached hydrogens (tertiary/aromatic N) is 1. The number of anilines is 1. The lowest BCUT2D eigenvalue weighted by molar-refractivity contribution is -0.125. The largest absolute Gasteiger partial charge is 0.495 e. The van der Waals surface area contributed by atoms with E-state index in [9.17, 15) is 9.59 Å². The Morgan fingerprint density at radius 2 is 2.16 bits per heavy atom. The molecule has 1 saturated heterocycles. The van der Waals surface area contributed by atoms with Crippen LogP contribution in [0.4, 0.5) is 10.5 Å². The fraction of sp³-hybridized carbons (Fsp3) is 0.333. The molecule has 2 rings (SSSR count). The van der Waals surface area contributed by atoms with Gasteiger partial charge in [0.2, 0.25) is 0 Å². The van der Waals surface area contributed by atoms with Crippen molar-refractivity contribution in [3.63, 3.8) is 0 Å². The first-order valence-corrected chi connectivity index (χ1v) is 7.65. The molecule has 1 fully saturated rings. The van der Waals surface area contributed by atoms with Gasteiger partial charge in [-0.3, -0.25) is 14.5 Å². The van der Waals surface area contributed by atoms with E-state index in [-0.39, 0.29) is 11.1 Å². The number of hydrogen-bond donors (Lipinski definition) is 1. The van der Waals surface area contributed by atoms with Crippen LogP contribution < -0.4 is 10.1 Å². The number of para-hydroxylation sites is 2. The molecule has 1 heterocycles. The van der Waals surface area contributed by atoms with E-state index in [1.165, 1.54) is 4.90 Å². The Morgan fingerprint density at radius 1 is 1.42 bits per heavy atom. The first kappa shape index (κ1) is 14.2. The summed E-state index contributed by atoms with van der Waals surface area (Å²) in [4.78, 5) is 25.0. The molecule has 7 heteroatoms. The Balaban J connectivity index is 2.12. The highest BCUT2D eigenvalue weighted by Crippen LogP contribution is 2.31. The lowest BCUT2D eigenvalue weighted by Gasteiger charge is -2.15. The molecule has 0 aliphatic carbocycles. The minimum Gasteiger partial charge on any atom is -0.495 e. The topological polar surface area (TPSA) is 58.6 Å². The molecule has 1 atom stereocenters. The molecule has 1 aliphatic rings. The highest BCUT2D eigenvalue weighted by Gasteiger charge is 2.39. The Bertz CT molecular complexity index is 498. The van der Waals surface area contributed by atoms with Crippen molar-refractivity contribution in [2.75, 3.05) is 24.3 Å². The van der Waals surface area contributed by atoms with Gasteiger partial charge in [-0.05, 0) is 23.9 Å². The zero-order valence-electron chi connectivity index (χ0n) is 10.3. The number of methoxy groups -OCH3 is 1. The fourth-order valence-electron chi connectivity index (χ4n) is 1.73. The number of imide groups is 1. The van der Waals surface area contributed by atoms with Crippen LogP contribution in [0.2, 0.25) is 0 Å². The Labute approximate surface area is 123 Å². The Hall–Kier alpha value is -1.21. The van der Waals surface area contributed by atoms with Crippen LogP contribution in [0.5, 0.6) is 5.75 Å². The smallest absolute Gasteiger partial charge is 0.290 e. The molecule has 1 aromatic rings. The summed E-state index contributed by atoms with van der Waals surface area (Å²) in [5.41, 5.74) is 0.698. The normalized spacial score (nSPS) is 18.8. The van der Waals surface area contributed by atoms with Crippen LogP contribution in [-0.4, -0.2) is 40.4 Å². The average molecular weight is 345 g/mol. The van der Waals surface area contributed by atoms with Crippen molar-refractivity contribution >= 4 is 44.5 Å². The molecule has 19 heavy (non-hydrogen) atoms. The second-order valence-electron chi connectivity index (χ2n) is 3.79. The monoisotopic (exact) mass is 344 g/mol. The molecule has 102 valence electrons. The third-order valence-electron chi connectivity index (χ3n) is 2.63. The first-order chi connectivity index (χ1) is 9.17. The number of hydrogen-bond acceptors (Lipinski definition) is 5. The van der Waals surface area contributed by atoms with Gasteiger partial charge in [-0.1, -0.05) is 28.1 Å². The van der Waals surface area contributed by atoms with E-state index in [1.807, 2.05) is 18.2 Å². The molecule has 1 aliphatic heterocycles. The van der Waals surface area contributed by atoms with Gasteiger partial charge >= 0.3 is 0 Å². The molecule has 1 aromatic carbocycles. The Morgan fingerprint density at radius 3 is 2.84 bits per heavy atom. The van der Waals surface area contributed by atoms with Gasteiger partial charge in [0, 0.05) is 11.9 Å². The summed E-state index contributed by atoms with van der Waals surface area (Å²) in [6.07, 6.45) is 0. The molecule has 0 bridgehead atoms. The van der Waals surface area contributed by atoms with Crippen LogP contribution in [0.15, 0.2) is 24.3 Å². The zero-order chi connectivity index (χ0) is 13.8. The predicted molar refractivity (Wildman–Crippen MR) is 78.9 cm³/mol. The summed E-state index contributed by atoms with van der Waals surface area (Å²) in [6, 6.07) is 7.29. The maximum Gasteiger partial charge on any atom is 0.290 e. The quantitative estimate of drug-likeness (QED) is 0.831. The number of amides is 2. The van der Waals surface area contributed by atoms with Gasteiger partial charge in [0.1, 0.15) is 5.75 Å². The number of thioether (sulfide) groups is 1. The number of carbonyl (C=O) groups is 2. The molecular weight excluding hydrogens is 332 g/mol. The van der Waals surface area contributed by atoms with E-state index in [4.69, 9.17) is 4.74 Å². The first-order valence-electron chi connectivity index (χ1n) is 5.65. The molecule has 5 nitrogen and oxygen atoms in total. The van der Waals surface area contributed by atoms with Crippen molar-refractivity contribution < 1.29 is 14.3 Å². The maximum atomic E-state index is 12.1. The van der Waals surface area contributed by atoms with Gasteiger partial charge in [0.25, 0.3) is 11.1 Å². The lowest BCUT2D eigenvalue weighted by atomic mass is 10.3. The standard InChI is InChI=1S/C12H13BrN2O3S/c1-18-9-5-3-2-4-8(9)14-10-11(16)15(7-6-13)12(17)19-10/h2-5,10,14H,6-7H2,1H3. The van der Waals surface area contributed by atoms with E-state index in [0.29, 0.717) is 23.3 Å². The highest BCUT2D eigenvalue weighted by atomic mass is 79.9. The van der Waals surface area contributed by atoms with Gasteiger partial charge in [0.15, 0.2) is 5.37 Å². The van der Waals surface area contributed by atoms with Gasteiger partial charge in [-0.25, -0.2) is 0 Å². The van der Waals surface area contributed by atoms with E-state index in [2.05, 4.69) is 21.2 Å². The SMILES string of the molecule is COc1ccccc1NC1SC(=O)N(CCBr)C1=O. The molecular formula is C12H13BrN2O3S. The second kappa shape index (κ2) is 6.29. The number of ether oxygens (including phenoxy) is 1. The van der Waals surface area contributed by atoms with E-state index in [1.54, 1.807) is 13.2 Å². The number of rotatable bonds is 5. The van der Waals surface area contributed by atoms with Crippen LogP contribution in [0.1, 0.15) is 0 Å². The van der Waals surface area contributed by atoms with Gasteiger partial charge in [-0.2, -0.15) is 0 Å². The summed E-state index contributed by atoms with van der Waals surface area (Å²) in [7, 11) is 1.56. The van der Waals surface area contributed by atoms with Crippen molar-refractivity contribution in [1.82, 2.24) is 4.90 Å². The lowest BCUT2D eigenvalue weighted by Crippen LogP contribution is -2.35. The van der Waals surface area contributed by atoms with Gasteiger partial charge in [-0.15, -0.1) is 0 Å². The summed E-state index contributed by atoms with van der Waals surface area (Å²) in [6.45, 7) is 0.384. The van der Waals surface area contributed by atoms with Crippen molar-refractivity contribution in [2.24, 2.45) is 0 Å². The van der Waals surface area contributed by atoms with Crippen molar-refractivity contribution in [3.05, 3.63) is 24.3 Å². The zero-order valence-corrected chi connectivity index (χ0v) is 12.7. The van der Waals surface area contributed by atoms with Crippen LogP contribution in [-0.2, 0) is 4.79 Å². The highest BCUT2D eigenvalue weighted by molar-refractivity contribution is 9.09. The molecule has 1 N–H and O–H groups in total. The Kier molecular flexibility index (Phi) is 4.71. The van der Waals surface area contributed by atoms with Crippen LogP contribution >= 0.6 is 27.7 Å². The summed E-state index contributed by atoms with van der Waals surface area (Å²) in [5, 5.41) is 2.80. The van der Waals surface area contributed by atoms with E-state index < -0.39 is 5.37 Å². The van der Waals surface area contributed by atoms with Crippen molar-refractivity contribution in [3.8, 4) is 5.75 Å². The molecule has 0 saturated carbocycles. The van der Waals surface area contributed by atoms with Crippen molar-refractivity contribution in [2.45, 2.75) is 5.37 Å². The second-order valence-corrected chi connectivity index (χ2v) is 5.64. The summed E-state index contributed by atoms with van der Waals surface area (Å²) < 4.78 is 5.20. The van der Waals surface area contributed by atoms with Gasteiger partial charge < -0.3 is 10.1 Å². The average Bonchev–Trinajstić information content (AvgIpc) is 2.67.